The minimum absolute atomic E-state index is 0.578. The molecule has 0 bridgehead atoms. The Kier molecular flexibility index (Phi) is 9.92. The predicted molar refractivity (Wildman–Crippen MR) is 76.4 cm³/mol. The SMILES string of the molecule is CCCCN(C)CCNC(N)=NCCC(C)C. The number of unbranched alkanes of at least 4 members (excludes halogenated alkanes) is 1. The van der Waals surface area contributed by atoms with Crippen molar-refractivity contribution in [2.45, 2.75) is 40.0 Å². The fourth-order valence-electron chi connectivity index (χ4n) is 1.41. The molecular formula is C13H30N4. The predicted octanol–water partition coefficient (Wildman–Crippen LogP) is 1.67. The standard InChI is InChI=1S/C13H30N4/c1-5-6-10-17(4)11-9-16-13(14)15-8-7-12(2)3/h12H,5-11H2,1-4H3,(H3,14,15,16). The molecule has 4 nitrogen and oxygen atoms in total. The Bertz CT molecular complexity index is 202. The zero-order chi connectivity index (χ0) is 13.1. The summed E-state index contributed by atoms with van der Waals surface area (Å²) in [7, 11) is 2.14. The Morgan fingerprint density at radius 3 is 2.65 bits per heavy atom. The van der Waals surface area contributed by atoms with Crippen LogP contribution < -0.4 is 11.1 Å². The highest BCUT2D eigenvalue weighted by atomic mass is 15.1. The largest absolute Gasteiger partial charge is 0.370 e. The lowest BCUT2D eigenvalue weighted by atomic mass is 10.1. The molecule has 0 fully saturated rings. The maximum absolute atomic E-state index is 5.77. The number of hydrogen-bond acceptors (Lipinski definition) is 2. The van der Waals surface area contributed by atoms with E-state index in [0.717, 1.165) is 32.6 Å². The zero-order valence-electron chi connectivity index (χ0n) is 12.0. The normalized spacial score (nSPS) is 12.5. The van der Waals surface area contributed by atoms with Crippen LogP contribution in [0.5, 0.6) is 0 Å². The number of nitrogens with one attached hydrogen (secondary N) is 1. The summed E-state index contributed by atoms with van der Waals surface area (Å²) in [6.45, 7) is 10.5. The number of nitrogens with zero attached hydrogens (tertiary/aromatic N) is 2. The second-order valence-electron chi connectivity index (χ2n) is 5.03. The van der Waals surface area contributed by atoms with E-state index in [9.17, 15) is 0 Å². The Balaban J connectivity index is 3.52. The number of likely N-dealkylation sites (N-methyl/N-ethyl adjacent to an activating group) is 1. The van der Waals surface area contributed by atoms with Crippen molar-refractivity contribution in [2.24, 2.45) is 16.6 Å². The summed E-state index contributed by atoms with van der Waals surface area (Å²) >= 11 is 0. The van der Waals surface area contributed by atoms with Gasteiger partial charge in [-0.1, -0.05) is 27.2 Å². The maximum atomic E-state index is 5.77. The quantitative estimate of drug-likeness (QED) is 0.478. The van der Waals surface area contributed by atoms with Gasteiger partial charge in [0.15, 0.2) is 5.96 Å². The number of hydrogen-bond donors (Lipinski definition) is 2. The number of aliphatic imine (C=N–C) groups is 1. The van der Waals surface area contributed by atoms with Crippen molar-refractivity contribution in [1.82, 2.24) is 10.2 Å². The summed E-state index contributed by atoms with van der Waals surface area (Å²) in [6.07, 6.45) is 3.60. The van der Waals surface area contributed by atoms with E-state index in [0.29, 0.717) is 11.9 Å². The third kappa shape index (κ3) is 11.5. The van der Waals surface area contributed by atoms with Crippen LogP contribution in [0.2, 0.25) is 0 Å². The molecule has 3 N–H and O–H groups in total. The second-order valence-corrected chi connectivity index (χ2v) is 5.03. The van der Waals surface area contributed by atoms with E-state index < -0.39 is 0 Å². The van der Waals surface area contributed by atoms with E-state index in [1.165, 1.54) is 12.8 Å². The summed E-state index contributed by atoms with van der Waals surface area (Å²) in [5, 5.41) is 3.15. The molecule has 0 atom stereocenters. The van der Waals surface area contributed by atoms with Crippen molar-refractivity contribution in [3.8, 4) is 0 Å². The zero-order valence-corrected chi connectivity index (χ0v) is 12.0. The third-order valence-electron chi connectivity index (χ3n) is 2.68. The highest BCUT2D eigenvalue weighted by Gasteiger charge is 1.98. The summed E-state index contributed by atoms with van der Waals surface area (Å²) in [4.78, 5) is 6.61. The molecule has 0 aliphatic rings. The van der Waals surface area contributed by atoms with Crippen LogP contribution in [0.15, 0.2) is 4.99 Å². The van der Waals surface area contributed by atoms with Crippen LogP contribution in [0.25, 0.3) is 0 Å². The van der Waals surface area contributed by atoms with Gasteiger partial charge in [0.1, 0.15) is 0 Å². The molecule has 0 spiro atoms. The third-order valence-corrected chi connectivity index (χ3v) is 2.68. The van der Waals surface area contributed by atoms with Crippen LogP contribution in [-0.2, 0) is 0 Å². The first-order valence-electron chi connectivity index (χ1n) is 6.78. The Morgan fingerprint density at radius 2 is 2.06 bits per heavy atom. The summed E-state index contributed by atoms with van der Waals surface area (Å²) in [5.74, 6) is 1.27. The Labute approximate surface area is 107 Å². The van der Waals surface area contributed by atoms with Crippen LogP contribution in [-0.4, -0.2) is 44.1 Å². The molecular weight excluding hydrogens is 212 g/mol. The fourth-order valence-corrected chi connectivity index (χ4v) is 1.41. The molecule has 0 aromatic rings. The lowest BCUT2D eigenvalue weighted by Crippen LogP contribution is -2.37. The molecule has 102 valence electrons. The van der Waals surface area contributed by atoms with Crippen LogP contribution in [0.1, 0.15) is 40.0 Å². The second kappa shape index (κ2) is 10.4. The van der Waals surface area contributed by atoms with E-state index in [2.05, 4.69) is 43.0 Å². The van der Waals surface area contributed by atoms with Gasteiger partial charge in [-0.15, -0.1) is 0 Å². The van der Waals surface area contributed by atoms with Crippen LogP contribution >= 0.6 is 0 Å². The fraction of sp³-hybridized carbons (Fsp3) is 0.923. The van der Waals surface area contributed by atoms with E-state index >= 15 is 0 Å². The lowest BCUT2D eigenvalue weighted by Gasteiger charge is -2.16. The molecule has 0 heterocycles. The molecule has 17 heavy (non-hydrogen) atoms. The van der Waals surface area contributed by atoms with Gasteiger partial charge in [0.25, 0.3) is 0 Å². The van der Waals surface area contributed by atoms with E-state index in [1.807, 2.05) is 0 Å². The lowest BCUT2D eigenvalue weighted by molar-refractivity contribution is 0.332. The van der Waals surface area contributed by atoms with Crippen LogP contribution in [0.3, 0.4) is 0 Å². The molecule has 0 aliphatic heterocycles. The molecule has 0 saturated heterocycles. The molecule has 0 rings (SSSR count). The molecule has 0 amide bonds. The first-order valence-corrected chi connectivity index (χ1v) is 6.78. The average Bonchev–Trinajstić information content (AvgIpc) is 2.25. The monoisotopic (exact) mass is 242 g/mol. The van der Waals surface area contributed by atoms with Crippen molar-refractivity contribution in [2.75, 3.05) is 33.2 Å². The van der Waals surface area contributed by atoms with Gasteiger partial charge in [-0.3, -0.25) is 4.99 Å². The van der Waals surface area contributed by atoms with Gasteiger partial charge in [0, 0.05) is 19.6 Å². The number of nitrogens with two attached hydrogens (primary N) is 1. The summed E-state index contributed by atoms with van der Waals surface area (Å²) in [6, 6.07) is 0. The molecule has 0 unspecified atom stereocenters. The number of rotatable bonds is 9. The minimum Gasteiger partial charge on any atom is -0.370 e. The van der Waals surface area contributed by atoms with Gasteiger partial charge in [-0.2, -0.15) is 0 Å². The van der Waals surface area contributed by atoms with Gasteiger partial charge >= 0.3 is 0 Å². The van der Waals surface area contributed by atoms with E-state index in [-0.39, 0.29) is 0 Å². The van der Waals surface area contributed by atoms with E-state index in [1.54, 1.807) is 0 Å². The number of guanidine groups is 1. The van der Waals surface area contributed by atoms with Crippen molar-refractivity contribution in [3.63, 3.8) is 0 Å². The van der Waals surface area contributed by atoms with Gasteiger partial charge in [0.2, 0.25) is 0 Å². The topological polar surface area (TPSA) is 53.6 Å². The van der Waals surface area contributed by atoms with Crippen molar-refractivity contribution >= 4 is 5.96 Å². The van der Waals surface area contributed by atoms with Crippen molar-refractivity contribution in [1.29, 1.82) is 0 Å². The van der Waals surface area contributed by atoms with E-state index in [4.69, 9.17) is 5.73 Å². The molecule has 0 saturated carbocycles. The van der Waals surface area contributed by atoms with Gasteiger partial charge in [0.05, 0.1) is 0 Å². The minimum atomic E-state index is 0.578. The molecule has 0 radical (unpaired) electrons. The molecule has 4 heteroatoms. The highest BCUT2D eigenvalue weighted by molar-refractivity contribution is 5.77. The maximum Gasteiger partial charge on any atom is 0.188 e. The average molecular weight is 242 g/mol. The highest BCUT2D eigenvalue weighted by Crippen LogP contribution is 1.97. The Hall–Kier alpha value is -0.770. The van der Waals surface area contributed by atoms with Gasteiger partial charge in [-0.25, -0.2) is 0 Å². The smallest absolute Gasteiger partial charge is 0.188 e. The molecule has 0 aromatic heterocycles. The van der Waals surface area contributed by atoms with Crippen molar-refractivity contribution < 1.29 is 0 Å². The Morgan fingerprint density at radius 1 is 1.35 bits per heavy atom. The van der Waals surface area contributed by atoms with Gasteiger partial charge in [-0.05, 0) is 32.4 Å². The molecule has 0 aromatic carbocycles. The van der Waals surface area contributed by atoms with Crippen LogP contribution in [0, 0.1) is 5.92 Å². The van der Waals surface area contributed by atoms with Gasteiger partial charge < -0.3 is 16.0 Å². The first kappa shape index (κ1) is 16.2. The summed E-state index contributed by atoms with van der Waals surface area (Å²) < 4.78 is 0. The summed E-state index contributed by atoms with van der Waals surface area (Å²) in [5.41, 5.74) is 5.77. The van der Waals surface area contributed by atoms with Crippen molar-refractivity contribution in [3.05, 3.63) is 0 Å². The first-order chi connectivity index (χ1) is 8.06. The molecule has 0 aliphatic carbocycles. The van der Waals surface area contributed by atoms with Crippen LogP contribution in [0.4, 0.5) is 0 Å².